The summed E-state index contributed by atoms with van der Waals surface area (Å²) in [4.78, 5) is 17.6. The Kier molecular flexibility index (Phi) is 4.92. The maximum atomic E-state index is 12.4. The molecule has 9 heteroatoms. The second kappa shape index (κ2) is 7.50. The van der Waals surface area contributed by atoms with Crippen molar-refractivity contribution in [3.05, 3.63) is 40.5 Å². The van der Waals surface area contributed by atoms with E-state index < -0.39 is 0 Å². The molecule has 0 aromatic carbocycles. The van der Waals surface area contributed by atoms with Crippen molar-refractivity contribution in [3.8, 4) is 17.5 Å². The van der Waals surface area contributed by atoms with Gasteiger partial charge in [-0.1, -0.05) is 11.8 Å². The first-order chi connectivity index (χ1) is 13.2. The minimum absolute atomic E-state index is 0.148. The third kappa shape index (κ3) is 3.46. The molecule has 0 unspecified atom stereocenters. The van der Waals surface area contributed by atoms with Crippen molar-refractivity contribution < 1.29 is 4.79 Å². The average Bonchev–Trinajstić information content (AvgIpc) is 3.35. The summed E-state index contributed by atoms with van der Waals surface area (Å²) >= 11 is 2.84. The molecule has 136 valence electrons. The molecule has 1 amide bonds. The molecule has 4 rings (SSSR count). The summed E-state index contributed by atoms with van der Waals surface area (Å²) in [6, 6.07) is 5.97. The van der Waals surface area contributed by atoms with Gasteiger partial charge in [-0.05, 0) is 37.0 Å². The largest absolute Gasteiger partial charge is 0.316 e. The highest BCUT2D eigenvalue weighted by molar-refractivity contribution is 7.99. The number of thiophene rings is 1. The van der Waals surface area contributed by atoms with Crippen LogP contribution in [0.2, 0.25) is 0 Å². The van der Waals surface area contributed by atoms with Crippen LogP contribution in [0.5, 0.6) is 0 Å². The Balaban J connectivity index is 1.42. The zero-order chi connectivity index (χ0) is 18.8. The van der Waals surface area contributed by atoms with Crippen LogP contribution in [0.15, 0.2) is 29.7 Å². The Morgan fingerprint density at radius 2 is 2.19 bits per heavy atom. The van der Waals surface area contributed by atoms with Crippen LogP contribution in [0.3, 0.4) is 0 Å². The maximum absolute atomic E-state index is 12.4. The van der Waals surface area contributed by atoms with Crippen LogP contribution in [0, 0.1) is 11.3 Å². The van der Waals surface area contributed by atoms with Crippen LogP contribution in [-0.4, -0.2) is 31.4 Å². The molecule has 0 bridgehead atoms. The zero-order valence-corrected chi connectivity index (χ0v) is 16.2. The van der Waals surface area contributed by atoms with E-state index in [0.717, 1.165) is 36.2 Å². The fourth-order valence-corrected chi connectivity index (χ4v) is 5.06. The summed E-state index contributed by atoms with van der Waals surface area (Å²) in [5.41, 5.74) is 2.66. The summed E-state index contributed by atoms with van der Waals surface area (Å²) in [5.74, 6) is 0.780. The highest BCUT2D eigenvalue weighted by Crippen LogP contribution is 2.38. The van der Waals surface area contributed by atoms with Crippen LogP contribution >= 0.6 is 23.1 Å². The second-order valence-electron chi connectivity index (χ2n) is 6.11. The molecule has 0 fully saturated rings. The number of fused-ring (bicyclic) bond motifs is 1. The van der Waals surface area contributed by atoms with Gasteiger partial charge in [0.15, 0.2) is 11.0 Å². The van der Waals surface area contributed by atoms with Crippen molar-refractivity contribution >= 4 is 34.0 Å². The lowest BCUT2D eigenvalue weighted by Gasteiger charge is -2.05. The number of carbonyl (C=O) groups is 1. The lowest BCUT2D eigenvalue weighted by atomic mass is 10.1. The molecule has 1 aliphatic carbocycles. The highest BCUT2D eigenvalue weighted by Gasteiger charge is 2.23. The molecule has 3 aromatic rings. The number of nitrogens with one attached hydrogen (secondary N) is 1. The third-order valence-corrected chi connectivity index (χ3v) is 6.62. The quantitative estimate of drug-likeness (QED) is 0.666. The van der Waals surface area contributed by atoms with Gasteiger partial charge in [0.2, 0.25) is 5.91 Å². The molecule has 0 saturated heterocycles. The van der Waals surface area contributed by atoms with Gasteiger partial charge in [-0.3, -0.25) is 9.78 Å². The highest BCUT2D eigenvalue weighted by atomic mass is 32.2. The molecule has 0 atom stereocenters. The zero-order valence-electron chi connectivity index (χ0n) is 14.6. The van der Waals surface area contributed by atoms with E-state index in [-0.39, 0.29) is 11.7 Å². The number of hydrogen-bond acceptors (Lipinski definition) is 7. The summed E-state index contributed by atoms with van der Waals surface area (Å²) < 4.78 is 1.85. The first-order valence-corrected chi connectivity index (χ1v) is 10.2. The van der Waals surface area contributed by atoms with Crippen molar-refractivity contribution in [2.75, 3.05) is 11.1 Å². The number of carbonyl (C=O) groups excluding carboxylic acids is 1. The molecule has 7 nitrogen and oxygen atoms in total. The molecule has 1 N–H and O–H groups in total. The first-order valence-electron chi connectivity index (χ1n) is 8.44. The fraction of sp³-hybridized carbons (Fsp3) is 0.278. The van der Waals surface area contributed by atoms with Gasteiger partial charge in [-0.25, -0.2) is 0 Å². The van der Waals surface area contributed by atoms with Gasteiger partial charge in [0.05, 0.1) is 11.3 Å². The van der Waals surface area contributed by atoms with Gasteiger partial charge in [-0.2, -0.15) is 5.26 Å². The van der Waals surface area contributed by atoms with Crippen molar-refractivity contribution in [3.63, 3.8) is 0 Å². The summed E-state index contributed by atoms with van der Waals surface area (Å²) in [6.45, 7) is 0. The minimum atomic E-state index is -0.148. The molecule has 1 aliphatic rings. The number of nitrogens with zero attached hydrogens (tertiary/aromatic N) is 5. The molecular weight excluding hydrogens is 380 g/mol. The van der Waals surface area contributed by atoms with Gasteiger partial charge in [0.25, 0.3) is 0 Å². The van der Waals surface area contributed by atoms with Gasteiger partial charge < -0.3 is 9.88 Å². The van der Waals surface area contributed by atoms with E-state index in [1.165, 1.54) is 28.0 Å². The average molecular weight is 397 g/mol. The van der Waals surface area contributed by atoms with E-state index in [0.29, 0.717) is 15.7 Å². The number of hydrogen-bond donors (Lipinski definition) is 1. The Morgan fingerprint density at radius 3 is 2.96 bits per heavy atom. The van der Waals surface area contributed by atoms with Crippen LogP contribution in [0.1, 0.15) is 22.4 Å². The van der Waals surface area contributed by atoms with Crippen LogP contribution in [0.4, 0.5) is 5.00 Å². The number of thioether (sulfide) groups is 1. The number of anilines is 1. The Labute approximate surface area is 164 Å². The lowest BCUT2D eigenvalue weighted by Crippen LogP contribution is -2.14. The second-order valence-corrected chi connectivity index (χ2v) is 8.16. The van der Waals surface area contributed by atoms with Crippen molar-refractivity contribution in [1.82, 2.24) is 19.7 Å². The molecule has 0 saturated carbocycles. The molecule has 0 spiro atoms. The van der Waals surface area contributed by atoms with Gasteiger partial charge in [0, 0.05) is 29.9 Å². The maximum Gasteiger partial charge on any atom is 0.235 e. The Bertz CT molecular complexity index is 1030. The topological polar surface area (TPSA) is 96.5 Å². The molecular formula is C18H16N6OS2. The van der Waals surface area contributed by atoms with E-state index in [1.807, 2.05) is 23.7 Å². The monoisotopic (exact) mass is 396 g/mol. The number of nitriles is 1. The third-order valence-electron chi connectivity index (χ3n) is 4.39. The van der Waals surface area contributed by atoms with Gasteiger partial charge in [-0.15, -0.1) is 21.5 Å². The fourth-order valence-electron chi connectivity index (χ4n) is 3.10. The minimum Gasteiger partial charge on any atom is -0.316 e. The first kappa shape index (κ1) is 17.7. The van der Waals surface area contributed by atoms with Crippen molar-refractivity contribution in [1.29, 1.82) is 5.26 Å². The normalized spacial score (nSPS) is 12.6. The standard InChI is InChI=1S/C18H16N6OS2/c1-24-16(11-5-7-20-8-6-11)22-23-18(24)26-10-15(25)21-17-13(9-19)12-3-2-4-14(12)27-17/h5-8H,2-4,10H2,1H3,(H,21,25). The number of aryl methyl sites for hydroxylation is 1. The number of aromatic nitrogens is 4. The molecule has 0 radical (unpaired) electrons. The van der Waals surface area contributed by atoms with Crippen molar-refractivity contribution in [2.45, 2.75) is 24.4 Å². The molecule has 0 aliphatic heterocycles. The van der Waals surface area contributed by atoms with Crippen LogP contribution in [-0.2, 0) is 24.7 Å². The SMILES string of the molecule is Cn1c(SCC(=O)Nc2sc3c(c2C#N)CCC3)nnc1-c1ccncc1. The predicted molar refractivity (Wildman–Crippen MR) is 105 cm³/mol. The Morgan fingerprint density at radius 1 is 1.37 bits per heavy atom. The van der Waals surface area contributed by atoms with Crippen molar-refractivity contribution in [2.24, 2.45) is 7.05 Å². The molecule has 3 heterocycles. The van der Waals surface area contributed by atoms with E-state index in [4.69, 9.17) is 0 Å². The van der Waals surface area contributed by atoms with E-state index in [9.17, 15) is 10.1 Å². The summed E-state index contributed by atoms with van der Waals surface area (Å²) in [7, 11) is 1.87. The Hall–Kier alpha value is -2.70. The summed E-state index contributed by atoms with van der Waals surface area (Å²) in [5, 5.41) is 22.0. The number of rotatable bonds is 5. The van der Waals surface area contributed by atoms with Crippen LogP contribution < -0.4 is 5.32 Å². The molecule has 27 heavy (non-hydrogen) atoms. The number of pyridine rings is 1. The van der Waals surface area contributed by atoms with E-state index >= 15 is 0 Å². The molecule has 3 aromatic heterocycles. The number of amides is 1. The predicted octanol–water partition coefficient (Wildman–Crippen LogP) is 3.03. The van der Waals surface area contributed by atoms with Gasteiger partial charge in [0.1, 0.15) is 11.1 Å². The van der Waals surface area contributed by atoms with Crippen LogP contribution in [0.25, 0.3) is 11.4 Å². The van der Waals surface area contributed by atoms with E-state index in [1.54, 1.807) is 12.4 Å². The lowest BCUT2D eigenvalue weighted by molar-refractivity contribution is -0.113. The van der Waals surface area contributed by atoms with E-state index in [2.05, 4.69) is 26.6 Å². The summed E-state index contributed by atoms with van der Waals surface area (Å²) in [6.07, 6.45) is 6.42. The van der Waals surface area contributed by atoms with Gasteiger partial charge >= 0.3 is 0 Å². The smallest absolute Gasteiger partial charge is 0.235 e.